The Hall–Kier alpha value is -1.30. The first-order valence-electron chi connectivity index (χ1n) is 7.95. The molecule has 2 saturated carbocycles. The second-order valence-corrected chi connectivity index (χ2v) is 6.56. The number of rotatable bonds is 5. The Morgan fingerprint density at radius 3 is 2.43 bits per heavy atom. The lowest BCUT2D eigenvalue weighted by Gasteiger charge is -2.41. The number of hydrogen-bond donors (Lipinski definition) is 4. The van der Waals surface area contributed by atoms with Crippen LogP contribution in [0, 0.1) is 5.41 Å². The number of carbonyl (C=O) groups is 2. The number of aliphatic carboxylic acids is 1. The van der Waals surface area contributed by atoms with Gasteiger partial charge in [-0.1, -0.05) is 25.7 Å². The lowest BCUT2D eigenvalue weighted by molar-refractivity contribution is -0.141. The van der Waals surface area contributed by atoms with E-state index in [1.54, 1.807) is 0 Å². The molecule has 2 amide bonds. The van der Waals surface area contributed by atoms with Crippen molar-refractivity contribution in [2.24, 2.45) is 5.41 Å². The molecule has 0 radical (unpaired) electrons. The Balaban J connectivity index is 1.77. The topological polar surface area (TPSA) is 98.7 Å². The Bertz CT molecular complexity index is 382. The second-order valence-electron chi connectivity index (χ2n) is 6.56. The summed E-state index contributed by atoms with van der Waals surface area (Å²) in [5.41, 5.74) is -0.273. The first-order chi connectivity index (χ1) is 10.0. The standard InChI is InChI=1S/C15H26N2O4/c18-12-6-3-1-2-5-11(12)17-14(21)16-10-15(7-4-8-15)9-13(19)20/h11-12,18H,1-10H2,(H,19,20)(H2,16,17,21). The molecule has 0 spiro atoms. The molecule has 0 aliphatic heterocycles. The third kappa shape index (κ3) is 4.59. The van der Waals surface area contributed by atoms with Crippen LogP contribution in [0.15, 0.2) is 0 Å². The van der Waals surface area contributed by atoms with Gasteiger partial charge in [-0.05, 0) is 31.1 Å². The van der Waals surface area contributed by atoms with Crippen molar-refractivity contribution in [2.75, 3.05) is 6.54 Å². The van der Waals surface area contributed by atoms with E-state index in [0.717, 1.165) is 51.4 Å². The number of carbonyl (C=O) groups excluding carboxylic acids is 1. The van der Waals surface area contributed by atoms with Crippen molar-refractivity contribution in [1.29, 1.82) is 0 Å². The SMILES string of the molecule is O=C(O)CC1(CNC(=O)NC2CCCCCC2O)CCC1. The van der Waals surface area contributed by atoms with Gasteiger partial charge in [-0.2, -0.15) is 0 Å². The van der Waals surface area contributed by atoms with E-state index in [1.165, 1.54) is 0 Å². The van der Waals surface area contributed by atoms with E-state index < -0.39 is 12.1 Å². The van der Waals surface area contributed by atoms with E-state index in [1.807, 2.05) is 0 Å². The van der Waals surface area contributed by atoms with Crippen LogP contribution in [-0.2, 0) is 4.79 Å². The summed E-state index contributed by atoms with van der Waals surface area (Å²) >= 11 is 0. The molecule has 2 fully saturated rings. The minimum Gasteiger partial charge on any atom is -0.481 e. The van der Waals surface area contributed by atoms with Crippen LogP contribution in [0.5, 0.6) is 0 Å². The monoisotopic (exact) mass is 298 g/mol. The molecule has 6 nitrogen and oxygen atoms in total. The first-order valence-corrected chi connectivity index (χ1v) is 7.95. The molecule has 2 aliphatic carbocycles. The van der Waals surface area contributed by atoms with Gasteiger partial charge in [0.1, 0.15) is 0 Å². The molecular weight excluding hydrogens is 272 g/mol. The highest BCUT2D eigenvalue weighted by Crippen LogP contribution is 2.43. The normalized spacial score (nSPS) is 28.0. The minimum atomic E-state index is -0.809. The van der Waals surface area contributed by atoms with Crippen LogP contribution >= 0.6 is 0 Å². The summed E-state index contributed by atoms with van der Waals surface area (Å²) in [5, 5.41) is 24.6. The summed E-state index contributed by atoms with van der Waals surface area (Å²) in [6, 6.07) is -0.484. The molecule has 0 aromatic rings. The molecule has 0 heterocycles. The highest BCUT2D eigenvalue weighted by molar-refractivity contribution is 5.74. The molecule has 0 bridgehead atoms. The minimum absolute atomic E-state index is 0.110. The van der Waals surface area contributed by atoms with E-state index in [0.29, 0.717) is 6.54 Å². The van der Waals surface area contributed by atoms with Crippen molar-refractivity contribution >= 4 is 12.0 Å². The number of carboxylic acids is 1. The molecule has 2 atom stereocenters. The lowest BCUT2D eigenvalue weighted by atomic mass is 9.66. The molecule has 4 N–H and O–H groups in total. The van der Waals surface area contributed by atoms with E-state index in [-0.39, 0.29) is 23.9 Å². The van der Waals surface area contributed by atoms with Crippen LogP contribution in [-0.4, -0.2) is 40.9 Å². The van der Waals surface area contributed by atoms with Gasteiger partial charge in [0, 0.05) is 6.54 Å². The van der Waals surface area contributed by atoms with Gasteiger partial charge < -0.3 is 20.8 Å². The predicted octanol–water partition coefficient (Wildman–Crippen LogP) is 1.62. The van der Waals surface area contributed by atoms with Gasteiger partial charge in [0.15, 0.2) is 0 Å². The van der Waals surface area contributed by atoms with Crippen LogP contribution in [0.2, 0.25) is 0 Å². The van der Waals surface area contributed by atoms with Gasteiger partial charge in [0.25, 0.3) is 0 Å². The van der Waals surface area contributed by atoms with Crippen LogP contribution < -0.4 is 10.6 Å². The van der Waals surface area contributed by atoms with Crippen molar-refractivity contribution in [3.05, 3.63) is 0 Å². The number of nitrogens with one attached hydrogen (secondary N) is 2. The fraction of sp³-hybridized carbons (Fsp3) is 0.867. The number of carboxylic acid groups (broad SMARTS) is 1. The molecule has 21 heavy (non-hydrogen) atoms. The second kappa shape index (κ2) is 7.11. The van der Waals surface area contributed by atoms with Gasteiger partial charge in [0.05, 0.1) is 18.6 Å². The van der Waals surface area contributed by atoms with Crippen molar-refractivity contribution in [3.8, 4) is 0 Å². The average Bonchev–Trinajstić information content (AvgIpc) is 2.58. The maximum absolute atomic E-state index is 12.0. The average molecular weight is 298 g/mol. The molecule has 0 saturated heterocycles. The Labute approximate surface area is 125 Å². The van der Waals surface area contributed by atoms with Crippen LogP contribution in [0.3, 0.4) is 0 Å². The summed E-state index contributed by atoms with van der Waals surface area (Å²) in [6.07, 6.45) is 7.01. The van der Waals surface area contributed by atoms with Gasteiger partial charge >= 0.3 is 12.0 Å². The first kappa shape index (κ1) is 16.1. The largest absolute Gasteiger partial charge is 0.481 e. The molecule has 2 rings (SSSR count). The van der Waals surface area contributed by atoms with Gasteiger partial charge in [0.2, 0.25) is 0 Å². The number of amides is 2. The fourth-order valence-corrected chi connectivity index (χ4v) is 3.36. The molecule has 0 aromatic carbocycles. The van der Waals surface area contributed by atoms with Crippen LogP contribution in [0.1, 0.15) is 57.8 Å². The zero-order valence-electron chi connectivity index (χ0n) is 12.4. The van der Waals surface area contributed by atoms with E-state index in [2.05, 4.69) is 10.6 Å². The Morgan fingerprint density at radius 1 is 1.10 bits per heavy atom. The van der Waals surface area contributed by atoms with Crippen molar-refractivity contribution in [2.45, 2.75) is 69.9 Å². The Kier molecular flexibility index (Phi) is 5.45. The molecule has 120 valence electrons. The van der Waals surface area contributed by atoms with Crippen molar-refractivity contribution < 1.29 is 19.8 Å². The summed E-state index contributed by atoms with van der Waals surface area (Å²) in [6.45, 7) is 0.397. The highest BCUT2D eigenvalue weighted by Gasteiger charge is 2.39. The maximum atomic E-state index is 12.0. The van der Waals surface area contributed by atoms with Crippen molar-refractivity contribution in [3.63, 3.8) is 0 Å². The summed E-state index contributed by atoms with van der Waals surface area (Å²) in [4.78, 5) is 22.8. The maximum Gasteiger partial charge on any atom is 0.315 e. The van der Waals surface area contributed by atoms with E-state index in [4.69, 9.17) is 5.11 Å². The highest BCUT2D eigenvalue weighted by atomic mass is 16.4. The zero-order chi connectivity index (χ0) is 15.3. The number of hydrogen-bond acceptors (Lipinski definition) is 3. The van der Waals surface area contributed by atoms with Gasteiger partial charge in [-0.15, -0.1) is 0 Å². The molecule has 6 heteroatoms. The Morgan fingerprint density at radius 2 is 1.81 bits per heavy atom. The van der Waals surface area contributed by atoms with Gasteiger partial charge in [-0.3, -0.25) is 4.79 Å². The quantitative estimate of drug-likeness (QED) is 0.580. The number of aliphatic hydroxyl groups is 1. The third-order valence-corrected chi connectivity index (χ3v) is 4.86. The molecule has 2 aliphatic rings. The number of urea groups is 1. The fourth-order valence-electron chi connectivity index (χ4n) is 3.36. The van der Waals surface area contributed by atoms with Crippen molar-refractivity contribution in [1.82, 2.24) is 10.6 Å². The molecular formula is C15H26N2O4. The summed E-state index contributed by atoms with van der Waals surface area (Å²) in [5.74, 6) is -0.809. The predicted molar refractivity (Wildman–Crippen MR) is 78.0 cm³/mol. The number of aliphatic hydroxyl groups excluding tert-OH is 1. The van der Waals surface area contributed by atoms with Crippen LogP contribution in [0.25, 0.3) is 0 Å². The molecule has 2 unspecified atom stereocenters. The third-order valence-electron chi connectivity index (χ3n) is 4.86. The van der Waals surface area contributed by atoms with Crippen LogP contribution in [0.4, 0.5) is 4.79 Å². The van der Waals surface area contributed by atoms with Gasteiger partial charge in [-0.25, -0.2) is 4.79 Å². The van der Waals surface area contributed by atoms with E-state index >= 15 is 0 Å². The lowest BCUT2D eigenvalue weighted by Crippen LogP contribution is -2.51. The summed E-state index contributed by atoms with van der Waals surface area (Å²) in [7, 11) is 0. The summed E-state index contributed by atoms with van der Waals surface area (Å²) < 4.78 is 0. The van der Waals surface area contributed by atoms with E-state index in [9.17, 15) is 14.7 Å². The smallest absolute Gasteiger partial charge is 0.315 e. The zero-order valence-corrected chi connectivity index (χ0v) is 12.4. The molecule has 0 aromatic heterocycles.